The van der Waals surface area contributed by atoms with Gasteiger partial charge in [0.05, 0.1) is 17.4 Å². The van der Waals surface area contributed by atoms with Crippen LogP contribution in [0, 0.1) is 6.92 Å². The molecule has 122 valence electrons. The van der Waals surface area contributed by atoms with Gasteiger partial charge in [-0.2, -0.15) is 0 Å². The van der Waals surface area contributed by atoms with Crippen LogP contribution in [0.15, 0.2) is 42.7 Å². The molecule has 1 heterocycles. The summed E-state index contributed by atoms with van der Waals surface area (Å²) in [5.41, 5.74) is 3.64. The van der Waals surface area contributed by atoms with Gasteiger partial charge in [0.25, 0.3) is 5.91 Å². The summed E-state index contributed by atoms with van der Waals surface area (Å²) in [5, 5.41) is 3.34. The predicted molar refractivity (Wildman–Crippen MR) is 95.2 cm³/mol. The maximum atomic E-state index is 12.7. The van der Waals surface area contributed by atoms with E-state index in [-0.39, 0.29) is 5.91 Å². The van der Waals surface area contributed by atoms with E-state index in [1.165, 1.54) is 0 Å². The van der Waals surface area contributed by atoms with Gasteiger partial charge in [-0.1, -0.05) is 32.0 Å². The Bertz CT molecular complexity index is 649. The third-order valence-corrected chi connectivity index (χ3v) is 3.68. The first kappa shape index (κ1) is 17.0. The molecule has 0 bridgehead atoms. The molecule has 23 heavy (non-hydrogen) atoms. The minimum absolute atomic E-state index is 0.0506. The summed E-state index contributed by atoms with van der Waals surface area (Å²) in [5.74, 6) is 0.0506. The van der Waals surface area contributed by atoms with Gasteiger partial charge in [-0.3, -0.25) is 9.78 Å². The highest BCUT2D eigenvalue weighted by molar-refractivity contribution is 5.95. The number of aromatic nitrogens is 1. The van der Waals surface area contributed by atoms with Crippen LogP contribution >= 0.6 is 0 Å². The van der Waals surface area contributed by atoms with Crippen molar-refractivity contribution < 1.29 is 4.79 Å². The normalized spacial score (nSPS) is 10.4. The molecule has 0 aliphatic heterocycles. The van der Waals surface area contributed by atoms with Gasteiger partial charge in [-0.05, 0) is 37.5 Å². The number of benzene rings is 1. The number of carbonyl (C=O) groups is 1. The zero-order chi connectivity index (χ0) is 16.7. The number of rotatable bonds is 7. The van der Waals surface area contributed by atoms with E-state index >= 15 is 0 Å². The van der Waals surface area contributed by atoms with Crippen LogP contribution in [0.5, 0.6) is 0 Å². The average molecular weight is 311 g/mol. The highest BCUT2D eigenvalue weighted by Gasteiger charge is 2.15. The van der Waals surface area contributed by atoms with Crippen molar-refractivity contribution in [1.82, 2.24) is 9.88 Å². The van der Waals surface area contributed by atoms with Gasteiger partial charge < -0.3 is 10.2 Å². The molecule has 2 rings (SSSR count). The van der Waals surface area contributed by atoms with E-state index in [1.54, 1.807) is 12.4 Å². The van der Waals surface area contributed by atoms with Gasteiger partial charge in [0.2, 0.25) is 0 Å². The first-order chi connectivity index (χ1) is 11.2. The Kier molecular flexibility index (Phi) is 6.15. The first-order valence-corrected chi connectivity index (χ1v) is 8.22. The number of amides is 1. The lowest BCUT2D eigenvalue weighted by molar-refractivity contribution is 0.0755. The first-order valence-electron chi connectivity index (χ1n) is 8.22. The van der Waals surface area contributed by atoms with Crippen LogP contribution in [-0.4, -0.2) is 28.9 Å². The molecule has 4 nitrogen and oxygen atoms in total. The minimum atomic E-state index is 0.0506. The van der Waals surface area contributed by atoms with Crippen LogP contribution in [0.1, 0.15) is 42.6 Å². The van der Waals surface area contributed by atoms with Crippen LogP contribution in [0.2, 0.25) is 0 Å². The van der Waals surface area contributed by atoms with Crippen molar-refractivity contribution in [2.45, 2.75) is 33.6 Å². The quantitative estimate of drug-likeness (QED) is 0.824. The molecular formula is C19H25N3O. The average Bonchev–Trinajstić information content (AvgIpc) is 2.56. The summed E-state index contributed by atoms with van der Waals surface area (Å²) in [4.78, 5) is 18.8. The largest absolute Gasteiger partial charge is 0.354 e. The molecule has 1 N–H and O–H groups in total. The molecule has 0 radical (unpaired) electrons. The SMILES string of the molecule is CCCN(CCC)C(=O)c1cncc(Nc2ccccc2C)c1. The minimum Gasteiger partial charge on any atom is -0.354 e. The van der Waals surface area contributed by atoms with Crippen molar-refractivity contribution in [1.29, 1.82) is 0 Å². The van der Waals surface area contributed by atoms with Crippen molar-refractivity contribution in [3.8, 4) is 0 Å². The number of anilines is 2. The summed E-state index contributed by atoms with van der Waals surface area (Å²) >= 11 is 0. The second kappa shape index (κ2) is 8.32. The fourth-order valence-electron chi connectivity index (χ4n) is 2.53. The molecule has 0 fully saturated rings. The van der Waals surface area contributed by atoms with Crippen molar-refractivity contribution in [2.24, 2.45) is 0 Å². The maximum Gasteiger partial charge on any atom is 0.255 e. The third kappa shape index (κ3) is 4.55. The molecule has 0 atom stereocenters. The molecule has 4 heteroatoms. The van der Waals surface area contributed by atoms with E-state index in [9.17, 15) is 4.79 Å². The van der Waals surface area contributed by atoms with Gasteiger partial charge in [0.1, 0.15) is 0 Å². The lowest BCUT2D eigenvalue weighted by atomic mass is 10.2. The smallest absolute Gasteiger partial charge is 0.255 e. The number of nitrogens with one attached hydrogen (secondary N) is 1. The topological polar surface area (TPSA) is 45.2 Å². The predicted octanol–water partition coefficient (Wildman–Crippen LogP) is 4.40. The van der Waals surface area contributed by atoms with E-state index in [4.69, 9.17) is 0 Å². The fraction of sp³-hybridized carbons (Fsp3) is 0.368. The van der Waals surface area contributed by atoms with Crippen molar-refractivity contribution in [3.05, 3.63) is 53.9 Å². The Morgan fingerprint density at radius 3 is 2.48 bits per heavy atom. The van der Waals surface area contributed by atoms with E-state index in [2.05, 4.69) is 37.1 Å². The monoisotopic (exact) mass is 311 g/mol. The number of aryl methyl sites for hydroxylation is 1. The maximum absolute atomic E-state index is 12.7. The van der Waals surface area contributed by atoms with E-state index in [1.807, 2.05) is 29.2 Å². The zero-order valence-corrected chi connectivity index (χ0v) is 14.2. The second-order valence-electron chi connectivity index (χ2n) is 5.69. The molecule has 1 aromatic heterocycles. The molecule has 0 saturated heterocycles. The Hall–Kier alpha value is -2.36. The number of nitrogens with zero attached hydrogens (tertiary/aromatic N) is 2. The molecule has 0 spiro atoms. The number of carbonyl (C=O) groups excluding carboxylic acids is 1. The lowest BCUT2D eigenvalue weighted by Crippen LogP contribution is -2.32. The van der Waals surface area contributed by atoms with E-state index in [0.717, 1.165) is 42.9 Å². The number of hydrogen-bond acceptors (Lipinski definition) is 3. The van der Waals surface area contributed by atoms with E-state index < -0.39 is 0 Å². The summed E-state index contributed by atoms with van der Waals surface area (Å²) in [6.07, 6.45) is 5.30. The van der Waals surface area contributed by atoms with Gasteiger partial charge in [-0.25, -0.2) is 0 Å². The summed E-state index contributed by atoms with van der Waals surface area (Å²) in [6, 6.07) is 9.94. The zero-order valence-electron chi connectivity index (χ0n) is 14.2. The van der Waals surface area contributed by atoms with Crippen molar-refractivity contribution in [2.75, 3.05) is 18.4 Å². The van der Waals surface area contributed by atoms with Gasteiger partial charge in [-0.15, -0.1) is 0 Å². The number of pyridine rings is 1. The summed E-state index contributed by atoms with van der Waals surface area (Å²) in [6.45, 7) is 7.79. The highest BCUT2D eigenvalue weighted by atomic mass is 16.2. The molecule has 1 amide bonds. The van der Waals surface area contributed by atoms with Crippen LogP contribution in [0.3, 0.4) is 0 Å². The van der Waals surface area contributed by atoms with Crippen molar-refractivity contribution in [3.63, 3.8) is 0 Å². The van der Waals surface area contributed by atoms with E-state index in [0.29, 0.717) is 5.56 Å². The molecule has 0 unspecified atom stereocenters. The molecule has 1 aromatic carbocycles. The lowest BCUT2D eigenvalue weighted by Gasteiger charge is -2.21. The highest BCUT2D eigenvalue weighted by Crippen LogP contribution is 2.20. The molecule has 0 aliphatic rings. The summed E-state index contributed by atoms with van der Waals surface area (Å²) < 4.78 is 0. The number of hydrogen-bond donors (Lipinski definition) is 1. The molecular weight excluding hydrogens is 286 g/mol. The standard InChI is InChI=1S/C19H25N3O/c1-4-10-22(11-5-2)19(23)16-12-17(14-20-13-16)21-18-9-7-6-8-15(18)3/h6-9,12-14,21H,4-5,10-11H2,1-3H3. The summed E-state index contributed by atoms with van der Waals surface area (Å²) in [7, 11) is 0. The molecule has 0 saturated carbocycles. The second-order valence-corrected chi connectivity index (χ2v) is 5.69. The van der Waals surface area contributed by atoms with Gasteiger partial charge >= 0.3 is 0 Å². The van der Waals surface area contributed by atoms with Crippen LogP contribution in [-0.2, 0) is 0 Å². The fourth-order valence-corrected chi connectivity index (χ4v) is 2.53. The van der Waals surface area contributed by atoms with Crippen LogP contribution in [0.25, 0.3) is 0 Å². The number of para-hydroxylation sites is 1. The third-order valence-electron chi connectivity index (χ3n) is 3.68. The van der Waals surface area contributed by atoms with Crippen LogP contribution < -0.4 is 5.32 Å². The van der Waals surface area contributed by atoms with Gasteiger partial charge in [0, 0.05) is 25.0 Å². The Balaban J connectivity index is 2.18. The van der Waals surface area contributed by atoms with Gasteiger partial charge in [0.15, 0.2) is 0 Å². The van der Waals surface area contributed by atoms with Crippen LogP contribution in [0.4, 0.5) is 11.4 Å². The Labute approximate surface area is 138 Å². The van der Waals surface area contributed by atoms with Crippen molar-refractivity contribution >= 4 is 17.3 Å². The Morgan fingerprint density at radius 1 is 1.13 bits per heavy atom. The molecule has 2 aromatic rings. The Morgan fingerprint density at radius 2 is 1.83 bits per heavy atom. The molecule has 0 aliphatic carbocycles.